The summed E-state index contributed by atoms with van der Waals surface area (Å²) >= 11 is 0. The van der Waals surface area contributed by atoms with Gasteiger partial charge in [0.15, 0.2) is 0 Å². The van der Waals surface area contributed by atoms with Gasteiger partial charge in [0, 0.05) is 11.1 Å². The van der Waals surface area contributed by atoms with E-state index in [0.29, 0.717) is 5.69 Å². The van der Waals surface area contributed by atoms with Crippen LogP contribution in [0.1, 0.15) is 0 Å². The fourth-order valence-electron chi connectivity index (χ4n) is 3.05. The first-order valence-corrected chi connectivity index (χ1v) is 8.37. The van der Waals surface area contributed by atoms with E-state index in [4.69, 9.17) is 4.74 Å². The van der Waals surface area contributed by atoms with Crippen molar-refractivity contribution in [2.45, 2.75) is 0 Å². The molecule has 4 rings (SSSR count). The molecule has 1 N–H and O–H groups in total. The highest BCUT2D eigenvalue weighted by atomic mass is 16.5. The smallest absolute Gasteiger partial charge is 0.330 e. The second-order valence-electron chi connectivity index (χ2n) is 5.95. The number of anilines is 1. The highest BCUT2D eigenvalue weighted by molar-refractivity contribution is 6.02. The molecule has 1 heterocycles. The Bertz CT molecular complexity index is 1050. The molecule has 1 aromatic heterocycles. The second-order valence-corrected chi connectivity index (χ2v) is 5.95. The Labute approximate surface area is 151 Å². The maximum atomic E-state index is 13.1. The van der Waals surface area contributed by atoms with E-state index in [9.17, 15) is 4.79 Å². The van der Waals surface area contributed by atoms with Gasteiger partial charge in [-0.05, 0) is 42.0 Å². The van der Waals surface area contributed by atoms with Gasteiger partial charge in [-0.1, -0.05) is 48.5 Å². The topological polar surface area (TPSA) is 43.3 Å². The van der Waals surface area contributed by atoms with Crippen LogP contribution in [0.2, 0.25) is 0 Å². The molecule has 0 atom stereocenters. The van der Waals surface area contributed by atoms with E-state index in [-0.39, 0.29) is 6.03 Å². The summed E-state index contributed by atoms with van der Waals surface area (Å²) < 4.78 is 6.88. The summed E-state index contributed by atoms with van der Waals surface area (Å²) in [4.78, 5) is 13.1. The minimum atomic E-state index is -0.199. The summed E-state index contributed by atoms with van der Waals surface area (Å²) in [7, 11) is 1.62. The van der Waals surface area contributed by atoms with Crippen molar-refractivity contribution in [2.24, 2.45) is 0 Å². The van der Waals surface area contributed by atoms with Crippen LogP contribution >= 0.6 is 0 Å². The largest absolute Gasteiger partial charge is 0.497 e. The molecule has 0 aliphatic heterocycles. The first-order chi connectivity index (χ1) is 12.8. The molecular formula is C22H18N2O2. The maximum absolute atomic E-state index is 13.1. The number of carbonyl (C=O) groups is 1. The van der Waals surface area contributed by atoms with Gasteiger partial charge in [-0.15, -0.1) is 0 Å². The van der Waals surface area contributed by atoms with Crippen LogP contribution in [0.5, 0.6) is 5.75 Å². The van der Waals surface area contributed by atoms with E-state index in [1.54, 1.807) is 11.7 Å². The lowest BCUT2D eigenvalue weighted by Gasteiger charge is -2.12. The van der Waals surface area contributed by atoms with Gasteiger partial charge in [-0.3, -0.25) is 4.57 Å². The molecule has 4 aromatic rings. The van der Waals surface area contributed by atoms with E-state index in [1.807, 2.05) is 84.9 Å². The summed E-state index contributed by atoms with van der Waals surface area (Å²) in [6, 6.07) is 26.9. The Morgan fingerprint density at radius 3 is 2.31 bits per heavy atom. The predicted molar refractivity (Wildman–Crippen MR) is 105 cm³/mol. The lowest BCUT2D eigenvalue weighted by atomic mass is 10.1. The van der Waals surface area contributed by atoms with Crippen LogP contribution in [-0.4, -0.2) is 17.7 Å². The first-order valence-electron chi connectivity index (χ1n) is 8.37. The van der Waals surface area contributed by atoms with Crippen molar-refractivity contribution in [3.63, 3.8) is 0 Å². The van der Waals surface area contributed by atoms with Crippen molar-refractivity contribution in [3.8, 4) is 17.0 Å². The number of fused-ring (bicyclic) bond motifs is 1. The van der Waals surface area contributed by atoms with Gasteiger partial charge in [-0.2, -0.15) is 0 Å². The third kappa shape index (κ3) is 2.93. The second kappa shape index (κ2) is 6.76. The van der Waals surface area contributed by atoms with E-state index < -0.39 is 0 Å². The first kappa shape index (κ1) is 16.0. The molecule has 0 saturated heterocycles. The number of aromatic nitrogens is 1. The maximum Gasteiger partial charge on any atom is 0.330 e. The molecule has 0 fully saturated rings. The molecule has 0 saturated carbocycles. The van der Waals surface area contributed by atoms with Gasteiger partial charge < -0.3 is 10.1 Å². The SMILES string of the molecule is COc1ccc(NC(=O)n2c(-c3ccccc3)cc3ccccc32)cc1. The third-order valence-electron chi connectivity index (χ3n) is 4.32. The lowest BCUT2D eigenvalue weighted by Crippen LogP contribution is -2.20. The van der Waals surface area contributed by atoms with Gasteiger partial charge in [0.25, 0.3) is 0 Å². The van der Waals surface area contributed by atoms with Crippen LogP contribution in [0.25, 0.3) is 22.2 Å². The number of ether oxygens (including phenoxy) is 1. The Kier molecular flexibility index (Phi) is 4.15. The van der Waals surface area contributed by atoms with Crippen molar-refractivity contribution in [1.29, 1.82) is 0 Å². The predicted octanol–water partition coefficient (Wildman–Crippen LogP) is 5.40. The fraction of sp³-hybridized carbons (Fsp3) is 0.0455. The molecule has 26 heavy (non-hydrogen) atoms. The molecule has 0 unspecified atom stereocenters. The van der Waals surface area contributed by atoms with Gasteiger partial charge in [0.2, 0.25) is 0 Å². The number of methoxy groups -OCH3 is 1. The molecule has 0 aliphatic rings. The lowest BCUT2D eigenvalue weighted by molar-refractivity contribution is 0.254. The van der Waals surface area contributed by atoms with Crippen LogP contribution in [0.3, 0.4) is 0 Å². The molecule has 1 amide bonds. The van der Waals surface area contributed by atoms with Gasteiger partial charge in [0.1, 0.15) is 5.75 Å². The zero-order valence-electron chi connectivity index (χ0n) is 14.3. The van der Waals surface area contributed by atoms with Crippen LogP contribution in [0.15, 0.2) is 84.9 Å². The van der Waals surface area contributed by atoms with E-state index in [0.717, 1.165) is 27.9 Å². The minimum Gasteiger partial charge on any atom is -0.497 e. The number of rotatable bonds is 3. The van der Waals surface area contributed by atoms with Crippen LogP contribution in [0, 0.1) is 0 Å². The van der Waals surface area contributed by atoms with E-state index in [2.05, 4.69) is 5.32 Å². The normalized spacial score (nSPS) is 10.7. The summed E-state index contributed by atoms with van der Waals surface area (Å²) in [5.74, 6) is 0.749. The molecule has 3 aromatic carbocycles. The Hall–Kier alpha value is -3.53. The quantitative estimate of drug-likeness (QED) is 0.542. The zero-order chi connectivity index (χ0) is 17.9. The van der Waals surface area contributed by atoms with Gasteiger partial charge in [-0.25, -0.2) is 4.79 Å². The number of amides is 1. The van der Waals surface area contributed by atoms with Gasteiger partial charge >= 0.3 is 6.03 Å². The summed E-state index contributed by atoms with van der Waals surface area (Å²) in [6.45, 7) is 0. The van der Waals surface area contributed by atoms with E-state index >= 15 is 0 Å². The van der Waals surface area contributed by atoms with Crippen LogP contribution < -0.4 is 10.1 Å². The molecule has 0 aliphatic carbocycles. The zero-order valence-corrected chi connectivity index (χ0v) is 14.3. The van der Waals surface area contributed by atoms with Crippen LogP contribution in [0.4, 0.5) is 10.5 Å². The fourth-order valence-corrected chi connectivity index (χ4v) is 3.05. The monoisotopic (exact) mass is 342 g/mol. The third-order valence-corrected chi connectivity index (χ3v) is 4.32. The standard InChI is InChI=1S/C22H18N2O2/c1-26-19-13-11-18(12-14-19)23-22(25)24-20-10-6-5-9-17(20)15-21(24)16-7-3-2-4-8-16/h2-15H,1H3,(H,23,25). The number of benzene rings is 3. The van der Waals surface area contributed by atoms with E-state index in [1.165, 1.54) is 0 Å². The summed E-state index contributed by atoms with van der Waals surface area (Å²) in [5.41, 5.74) is 3.44. The highest BCUT2D eigenvalue weighted by Crippen LogP contribution is 2.28. The Morgan fingerprint density at radius 1 is 0.885 bits per heavy atom. The highest BCUT2D eigenvalue weighted by Gasteiger charge is 2.16. The van der Waals surface area contributed by atoms with Crippen molar-refractivity contribution >= 4 is 22.6 Å². The Balaban J connectivity index is 1.77. The summed E-state index contributed by atoms with van der Waals surface area (Å²) in [6.07, 6.45) is 0. The Morgan fingerprint density at radius 2 is 1.58 bits per heavy atom. The molecule has 4 heteroatoms. The van der Waals surface area contributed by atoms with Gasteiger partial charge in [0.05, 0.1) is 18.3 Å². The van der Waals surface area contributed by atoms with Crippen molar-refractivity contribution in [1.82, 2.24) is 4.57 Å². The minimum absolute atomic E-state index is 0.199. The van der Waals surface area contributed by atoms with Crippen LogP contribution in [-0.2, 0) is 0 Å². The molecule has 0 radical (unpaired) electrons. The number of hydrogen-bond donors (Lipinski definition) is 1. The average molecular weight is 342 g/mol. The summed E-state index contributed by atoms with van der Waals surface area (Å²) in [5, 5.41) is 3.99. The average Bonchev–Trinajstić information content (AvgIpc) is 3.09. The molecular weight excluding hydrogens is 324 g/mol. The number of hydrogen-bond acceptors (Lipinski definition) is 2. The number of carbonyl (C=O) groups excluding carboxylic acids is 1. The number of nitrogens with one attached hydrogen (secondary N) is 1. The number of nitrogens with zero attached hydrogens (tertiary/aromatic N) is 1. The number of para-hydroxylation sites is 1. The van der Waals surface area contributed by atoms with Crippen molar-refractivity contribution in [3.05, 3.63) is 84.9 Å². The van der Waals surface area contributed by atoms with Crippen molar-refractivity contribution < 1.29 is 9.53 Å². The van der Waals surface area contributed by atoms with Crippen molar-refractivity contribution in [2.75, 3.05) is 12.4 Å². The molecule has 4 nitrogen and oxygen atoms in total. The molecule has 0 spiro atoms. The molecule has 128 valence electrons. The molecule has 0 bridgehead atoms.